The van der Waals surface area contributed by atoms with Crippen molar-refractivity contribution < 1.29 is 9.59 Å². The van der Waals surface area contributed by atoms with Gasteiger partial charge in [-0.3, -0.25) is 9.59 Å². The highest BCUT2D eigenvalue weighted by Crippen LogP contribution is 2.06. The Bertz CT molecular complexity index is 259. The zero-order chi connectivity index (χ0) is 12.9. The molecule has 0 aliphatic heterocycles. The van der Waals surface area contributed by atoms with Crippen LogP contribution in [-0.4, -0.2) is 28.7 Å². The first-order chi connectivity index (χ1) is 7.17. The fourth-order valence-corrected chi connectivity index (χ4v) is 1.36. The van der Waals surface area contributed by atoms with E-state index >= 15 is 0 Å². The third-order valence-corrected chi connectivity index (χ3v) is 2.39. The maximum absolute atomic E-state index is 11.9. The second kappa shape index (κ2) is 6.23. The van der Waals surface area contributed by atoms with Crippen LogP contribution in [0.2, 0.25) is 0 Å². The largest absolute Gasteiger partial charge is 0.350 e. The monoisotopic (exact) mass is 292 g/mol. The molecule has 5 heteroatoms. The van der Waals surface area contributed by atoms with Gasteiger partial charge >= 0.3 is 0 Å². The minimum Gasteiger partial charge on any atom is -0.350 e. The number of rotatable bonds is 4. The molecule has 0 spiro atoms. The van der Waals surface area contributed by atoms with Crippen LogP contribution in [-0.2, 0) is 9.59 Å². The summed E-state index contributed by atoms with van der Waals surface area (Å²) in [4.78, 5) is 23.2. The number of alkyl halides is 1. The number of hydrogen-bond donors (Lipinski definition) is 2. The normalized spacial score (nSPS) is 13.4. The highest BCUT2D eigenvalue weighted by molar-refractivity contribution is 9.09. The van der Waals surface area contributed by atoms with E-state index in [1.165, 1.54) is 0 Å². The molecule has 0 aromatic heterocycles. The SMILES string of the molecule is CC(C)[C@H](NC(=O)CBr)C(=O)NC(C)(C)C. The van der Waals surface area contributed by atoms with E-state index in [0.29, 0.717) is 0 Å². The fraction of sp³-hybridized carbons (Fsp3) is 0.818. The van der Waals surface area contributed by atoms with Gasteiger partial charge in [0.25, 0.3) is 0 Å². The lowest BCUT2D eigenvalue weighted by Crippen LogP contribution is -2.54. The Morgan fingerprint density at radius 1 is 1.25 bits per heavy atom. The smallest absolute Gasteiger partial charge is 0.243 e. The number of amides is 2. The molecule has 1 atom stereocenters. The third kappa shape index (κ3) is 6.10. The summed E-state index contributed by atoms with van der Waals surface area (Å²) in [5.41, 5.74) is -0.288. The van der Waals surface area contributed by atoms with Gasteiger partial charge in [-0.15, -0.1) is 0 Å². The van der Waals surface area contributed by atoms with E-state index in [9.17, 15) is 9.59 Å². The van der Waals surface area contributed by atoms with Gasteiger partial charge in [0.1, 0.15) is 6.04 Å². The summed E-state index contributed by atoms with van der Waals surface area (Å²) in [6.45, 7) is 9.54. The summed E-state index contributed by atoms with van der Waals surface area (Å²) in [7, 11) is 0. The quantitative estimate of drug-likeness (QED) is 0.771. The summed E-state index contributed by atoms with van der Waals surface area (Å²) < 4.78 is 0. The lowest BCUT2D eigenvalue weighted by atomic mass is 10.0. The van der Waals surface area contributed by atoms with Gasteiger partial charge in [-0.05, 0) is 26.7 Å². The molecular weight excluding hydrogens is 272 g/mol. The summed E-state index contributed by atoms with van der Waals surface area (Å²) in [6.07, 6.45) is 0. The molecule has 0 rings (SSSR count). The zero-order valence-corrected chi connectivity index (χ0v) is 12.1. The maximum Gasteiger partial charge on any atom is 0.243 e. The van der Waals surface area contributed by atoms with Crippen molar-refractivity contribution in [3.8, 4) is 0 Å². The summed E-state index contributed by atoms with van der Waals surface area (Å²) >= 11 is 3.06. The van der Waals surface area contributed by atoms with E-state index in [4.69, 9.17) is 0 Å². The zero-order valence-electron chi connectivity index (χ0n) is 10.6. The van der Waals surface area contributed by atoms with Crippen LogP contribution < -0.4 is 10.6 Å². The van der Waals surface area contributed by atoms with Crippen LogP contribution in [0, 0.1) is 5.92 Å². The lowest BCUT2D eigenvalue weighted by Gasteiger charge is -2.27. The molecule has 0 aliphatic rings. The molecule has 0 bridgehead atoms. The molecule has 16 heavy (non-hydrogen) atoms. The molecule has 0 unspecified atom stereocenters. The molecule has 2 amide bonds. The van der Waals surface area contributed by atoms with Crippen molar-refractivity contribution >= 4 is 27.7 Å². The van der Waals surface area contributed by atoms with Crippen molar-refractivity contribution in [2.45, 2.75) is 46.2 Å². The summed E-state index contributed by atoms with van der Waals surface area (Å²) in [5, 5.41) is 5.76. The standard InChI is InChI=1S/C11H21BrN2O2/c1-7(2)9(13-8(15)6-12)10(16)14-11(3,4)5/h7,9H,6H2,1-5H3,(H,13,15)(H,14,16)/t9-/m0/s1. The lowest BCUT2D eigenvalue weighted by molar-refractivity contribution is -0.130. The van der Waals surface area contributed by atoms with Gasteiger partial charge in [0, 0.05) is 5.54 Å². The minimum absolute atomic E-state index is 0.0605. The van der Waals surface area contributed by atoms with Gasteiger partial charge in [-0.25, -0.2) is 0 Å². The highest BCUT2D eigenvalue weighted by Gasteiger charge is 2.26. The number of hydrogen-bond acceptors (Lipinski definition) is 2. The first-order valence-electron chi connectivity index (χ1n) is 5.34. The molecule has 0 aliphatic carbocycles. The fourth-order valence-electron chi connectivity index (χ4n) is 1.19. The van der Waals surface area contributed by atoms with Gasteiger partial charge in [0.2, 0.25) is 11.8 Å². The molecule has 0 fully saturated rings. The Hall–Kier alpha value is -0.580. The number of halogens is 1. The van der Waals surface area contributed by atoms with Crippen molar-refractivity contribution in [2.24, 2.45) is 5.92 Å². The topological polar surface area (TPSA) is 58.2 Å². The van der Waals surface area contributed by atoms with Crippen molar-refractivity contribution in [3.63, 3.8) is 0 Å². The van der Waals surface area contributed by atoms with Gasteiger partial charge in [-0.2, -0.15) is 0 Å². The van der Waals surface area contributed by atoms with E-state index < -0.39 is 6.04 Å². The van der Waals surface area contributed by atoms with Gasteiger partial charge in [-0.1, -0.05) is 29.8 Å². The van der Waals surface area contributed by atoms with Gasteiger partial charge in [0.05, 0.1) is 5.33 Å². The average Bonchev–Trinajstić information content (AvgIpc) is 2.09. The van der Waals surface area contributed by atoms with Crippen LogP contribution in [0.4, 0.5) is 0 Å². The van der Waals surface area contributed by atoms with Crippen molar-refractivity contribution in [1.82, 2.24) is 10.6 Å². The van der Waals surface area contributed by atoms with Crippen LogP contribution in [0.25, 0.3) is 0 Å². The molecule has 0 heterocycles. The number of carbonyl (C=O) groups excluding carboxylic acids is 2. The number of carbonyl (C=O) groups is 2. The molecule has 0 radical (unpaired) electrons. The number of nitrogens with one attached hydrogen (secondary N) is 2. The molecule has 4 nitrogen and oxygen atoms in total. The highest BCUT2D eigenvalue weighted by atomic mass is 79.9. The Morgan fingerprint density at radius 2 is 1.75 bits per heavy atom. The van der Waals surface area contributed by atoms with Crippen LogP contribution in [0.5, 0.6) is 0 Å². The van der Waals surface area contributed by atoms with Crippen molar-refractivity contribution in [2.75, 3.05) is 5.33 Å². The Labute approximate surface area is 106 Å². The van der Waals surface area contributed by atoms with Crippen LogP contribution in [0.15, 0.2) is 0 Å². The van der Waals surface area contributed by atoms with E-state index in [1.807, 2.05) is 34.6 Å². The second-order valence-corrected chi connectivity index (χ2v) is 5.72. The average molecular weight is 293 g/mol. The van der Waals surface area contributed by atoms with Gasteiger partial charge < -0.3 is 10.6 Å². The van der Waals surface area contributed by atoms with E-state index in [2.05, 4.69) is 26.6 Å². The predicted octanol–water partition coefficient (Wildman–Crippen LogP) is 1.44. The molecule has 94 valence electrons. The predicted molar refractivity (Wildman–Crippen MR) is 68.5 cm³/mol. The summed E-state index contributed by atoms with van der Waals surface area (Å²) in [6, 6.07) is -0.482. The second-order valence-electron chi connectivity index (χ2n) is 5.16. The molecular formula is C11H21BrN2O2. The molecule has 0 saturated heterocycles. The van der Waals surface area contributed by atoms with Crippen molar-refractivity contribution in [1.29, 1.82) is 0 Å². The van der Waals surface area contributed by atoms with Crippen LogP contribution in [0.1, 0.15) is 34.6 Å². The Balaban J connectivity index is 4.54. The van der Waals surface area contributed by atoms with E-state index in [-0.39, 0.29) is 28.6 Å². The van der Waals surface area contributed by atoms with Gasteiger partial charge in [0.15, 0.2) is 0 Å². The maximum atomic E-state index is 11.9. The summed E-state index contributed by atoms with van der Waals surface area (Å²) in [5.74, 6) is -0.259. The molecule has 0 aromatic carbocycles. The molecule has 0 aromatic rings. The minimum atomic E-state index is -0.482. The molecule has 2 N–H and O–H groups in total. The van der Waals surface area contributed by atoms with E-state index in [0.717, 1.165) is 0 Å². The first-order valence-corrected chi connectivity index (χ1v) is 6.47. The van der Waals surface area contributed by atoms with Crippen LogP contribution in [0.3, 0.4) is 0 Å². The Kier molecular flexibility index (Phi) is 6.00. The van der Waals surface area contributed by atoms with Crippen molar-refractivity contribution in [3.05, 3.63) is 0 Å². The first kappa shape index (κ1) is 15.4. The van der Waals surface area contributed by atoms with Crippen LogP contribution >= 0.6 is 15.9 Å². The third-order valence-electron chi connectivity index (χ3n) is 1.89. The van der Waals surface area contributed by atoms with E-state index in [1.54, 1.807) is 0 Å². The Morgan fingerprint density at radius 3 is 2.06 bits per heavy atom. The molecule has 0 saturated carbocycles.